The fraction of sp³-hybridized carbons (Fsp3) is 0.684. The minimum absolute atomic E-state index is 0.139. The first kappa shape index (κ1) is 17.0. The largest absolute Gasteiger partial charge is 0.381 e. The van der Waals surface area contributed by atoms with Gasteiger partial charge < -0.3 is 14.5 Å². The van der Waals surface area contributed by atoms with E-state index >= 15 is 0 Å². The smallest absolute Gasteiger partial charge is 0.263 e. The number of rotatable bonds is 4. The molecule has 0 atom stereocenters. The standard InChI is InChI=1S/C19H26N2O3S/c22-18(14-3-4-14)21(16-7-11-24-12-8-16)15-5-9-20(10-6-15)19(23)17-2-1-13-25-17/h1-2,13-16H,3-12H2. The van der Waals surface area contributed by atoms with Crippen molar-refractivity contribution in [3.05, 3.63) is 22.4 Å². The molecule has 0 N–H and O–H groups in total. The molecule has 0 unspecified atom stereocenters. The van der Waals surface area contributed by atoms with E-state index in [1.54, 1.807) is 0 Å². The quantitative estimate of drug-likeness (QED) is 0.828. The SMILES string of the molecule is O=C(c1cccs1)N1CCC(N(C(=O)C2CC2)C2CCOCC2)CC1. The topological polar surface area (TPSA) is 49.9 Å². The van der Waals surface area contributed by atoms with E-state index in [0.29, 0.717) is 11.9 Å². The van der Waals surface area contributed by atoms with Crippen molar-refractivity contribution in [3.8, 4) is 0 Å². The molecule has 1 aromatic rings. The molecule has 1 aromatic heterocycles. The zero-order valence-electron chi connectivity index (χ0n) is 14.6. The van der Waals surface area contributed by atoms with Gasteiger partial charge in [-0.2, -0.15) is 0 Å². The van der Waals surface area contributed by atoms with Crippen molar-refractivity contribution in [2.24, 2.45) is 5.92 Å². The second kappa shape index (κ2) is 7.46. The Morgan fingerprint density at radius 3 is 2.32 bits per heavy atom. The van der Waals surface area contributed by atoms with Gasteiger partial charge in [0.1, 0.15) is 0 Å². The summed E-state index contributed by atoms with van der Waals surface area (Å²) in [7, 11) is 0. The Morgan fingerprint density at radius 2 is 1.72 bits per heavy atom. The molecule has 3 heterocycles. The van der Waals surface area contributed by atoms with Crippen molar-refractivity contribution in [2.45, 2.75) is 50.6 Å². The molecule has 0 bridgehead atoms. The van der Waals surface area contributed by atoms with Crippen LogP contribution in [-0.4, -0.2) is 60.0 Å². The lowest BCUT2D eigenvalue weighted by atomic mass is 9.97. The van der Waals surface area contributed by atoms with Crippen LogP contribution in [0.1, 0.15) is 48.2 Å². The van der Waals surface area contributed by atoms with Crippen LogP contribution in [0.4, 0.5) is 0 Å². The van der Waals surface area contributed by atoms with E-state index in [1.807, 2.05) is 22.4 Å². The number of likely N-dealkylation sites (tertiary alicyclic amines) is 1. The molecule has 136 valence electrons. The van der Waals surface area contributed by atoms with Crippen molar-refractivity contribution in [3.63, 3.8) is 0 Å². The first-order valence-electron chi connectivity index (χ1n) is 9.46. The third-order valence-electron chi connectivity index (χ3n) is 5.64. The number of hydrogen-bond acceptors (Lipinski definition) is 4. The van der Waals surface area contributed by atoms with Crippen molar-refractivity contribution < 1.29 is 14.3 Å². The van der Waals surface area contributed by atoms with E-state index in [0.717, 1.165) is 69.7 Å². The van der Waals surface area contributed by atoms with Crippen LogP contribution in [0.3, 0.4) is 0 Å². The van der Waals surface area contributed by atoms with Crippen molar-refractivity contribution in [2.75, 3.05) is 26.3 Å². The molecule has 5 nitrogen and oxygen atoms in total. The maximum atomic E-state index is 12.9. The Kier molecular flexibility index (Phi) is 5.08. The van der Waals surface area contributed by atoms with Gasteiger partial charge in [0, 0.05) is 44.3 Å². The van der Waals surface area contributed by atoms with Crippen LogP contribution in [0, 0.1) is 5.92 Å². The van der Waals surface area contributed by atoms with Crippen LogP contribution in [-0.2, 0) is 9.53 Å². The van der Waals surface area contributed by atoms with E-state index in [1.165, 1.54) is 11.3 Å². The maximum Gasteiger partial charge on any atom is 0.263 e. The predicted molar refractivity (Wildman–Crippen MR) is 96.7 cm³/mol. The monoisotopic (exact) mass is 362 g/mol. The van der Waals surface area contributed by atoms with Crippen LogP contribution < -0.4 is 0 Å². The number of nitrogens with zero attached hydrogens (tertiary/aromatic N) is 2. The molecule has 3 fully saturated rings. The average Bonchev–Trinajstić information content (AvgIpc) is 3.37. The van der Waals surface area contributed by atoms with Crippen molar-refractivity contribution >= 4 is 23.2 Å². The van der Waals surface area contributed by atoms with Crippen molar-refractivity contribution in [1.82, 2.24) is 9.80 Å². The second-order valence-corrected chi connectivity index (χ2v) is 8.31. The van der Waals surface area contributed by atoms with Gasteiger partial charge in [0.2, 0.25) is 5.91 Å². The van der Waals surface area contributed by atoms with Crippen LogP contribution in [0.2, 0.25) is 0 Å². The highest BCUT2D eigenvalue weighted by Crippen LogP contribution is 2.35. The molecule has 4 rings (SSSR count). The van der Waals surface area contributed by atoms with Gasteiger partial charge in [0.05, 0.1) is 4.88 Å². The molecule has 2 amide bonds. The minimum Gasteiger partial charge on any atom is -0.381 e. The van der Waals surface area contributed by atoms with Gasteiger partial charge in [-0.05, 0) is 50.0 Å². The molecule has 0 spiro atoms. The molecule has 3 aliphatic rings. The molecule has 25 heavy (non-hydrogen) atoms. The van der Waals surface area contributed by atoms with Gasteiger partial charge in [-0.15, -0.1) is 11.3 Å². The number of amides is 2. The van der Waals surface area contributed by atoms with Crippen LogP contribution in [0.15, 0.2) is 17.5 Å². The third kappa shape index (κ3) is 3.75. The number of thiophene rings is 1. The highest BCUT2D eigenvalue weighted by atomic mass is 32.1. The summed E-state index contributed by atoms with van der Waals surface area (Å²) >= 11 is 1.50. The van der Waals surface area contributed by atoms with Gasteiger partial charge in [-0.1, -0.05) is 6.07 Å². The lowest BCUT2D eigenvalue weighted by Crippen LogP contribution is -2.54. The summed E-state index contributed by atoms with van der Waals surface area (Å²) in [6.07, 6.45) is 5.79. The minimum atomic E-state index is 0.139. The van der Waals surface area contributed by atoms with Gasteiger partial charge in [-0.3, -0.25) is 9.59 Å². The first-order chi connectivity index (χ1) is 12.2. The van der Waals surface area contributed by atoms with Gasteiger partial charge in [0.15, 0.2) is 0 Å². The maximum absolute atomic E-state index is 12.9. The Labute approximate surface area is 152 Å². The molecule has 1 saturated carbocycles. The van der Waals surface area contributed by atoms with Gasteiger partial charge >= 0.3 is 0 Å². The van der Waals surface area contributed by atoms with Crippen molar-refractivity contribution in [1.29, 1.82) is 0 Å². The lowest BCUT2D eigenvalue weighted by molar-refractivity contribution is -0.141. The normalized spacial score (nSPS) is 22.8. The molecular formula is C19H26N2O3S. The molecule has 6 heteroatoms. The van der Waals surface area contributed by atoms with E-state index in [9.17, 15) is 9.59 Å². The first-order valence-corrected chi connectivity index (χ1v) is 10.3. The number of carbonyl (C=O) groups is 2. The molecule has 0 radical (unpaired) electrons. The van der Waals surface area contributed by atoms with Gasteiger partial charge in [-0.25, -0.2) is 0 Å². The lowest BCUT2D eigenvalue weighted by Gasteiger charge is -2.43. The summed E-state index contributed by atoms with van der Waals surface area (Å²) in [5.74, 6) is 0.753. The Hall–Kier alpha value is -1.40. The van der Waals surface area contributed by atoms with E-state index in [2.05, 4.69) is 4.90 Å². The van der Waals surface area contributed by atoms with Crippen LogP contribution >= 0.6 is 11.3 Å². The second-order valence-electron chi connectivity index (χ2n) is 7.36. The summed E-state index contributed by atoms with van der Waals surface area (Å²) in [6, 6.07) is 4.42. The molecule has 1 aliphatic carbocycles. The van der Waals surface area contributed by atoms with E-state index in [-0.39, 0.29) is 17.9 Å². The highest BCUT2D eigenvalue weighted by Gasteiger charge is 2.41. The predicted octanol–water partition coefficient (Wildman–Crippen LogP) is 2.77. The Balaban J connectivity index is 1.41. The highest BCUT2D eigenvalue weighted by molar-refractivity contribution is 7.12. The van der Waals surface area contributed by atoms with E-state index < -0.39 is 0 Å². The summed E-state index contributed by atoms with van der Waals surface area (Å²) in [5.41, 5.74) is 0. The summed E-state index contributed by atoms with van der Waals surface area (Å²) < 4.78 is 5.49. The summed E-state index contributed by atoms with van der Waals surface area (Å²) in [5, 5.41) is 1.95. The van der Waals surface area contributed by atoms with Gasteiger partial charge in [0.25, 0.3) is 5.91 Å². The fourth-order valence-electron chi connectivity index (χ4n) is 4.07. The number of ether oxygens (including phenoxy) is 1. The molecule has 0 aromatic carbocycles. The average molecular weight is 362 g/mol. The zero-order valence-corrected chi connectivity index (χ0v) is 15.4. The molecular weight excluding hydrogens is 336 g/mol. The Morgan fingerprint density at radius 1 is 1.04 bits per heavy atom. The molecule has 2 saturated heterocycles. The Bertz CT molecular complexity index is 600. The van der Waals surface area contributed by atoms with E-state index in [4.69, 9.17) is 4.74 Å². The number of hydrogen-bond donors (Lipinski definition) is 0. The summed E-state index contributed by atoms with van der Waals surface area (Å²) in [6.45, 7) is 3.02. The molecule has 2 aliphatic heterocycles. The summed E-state index contributed by atoms with van der Waals surface area (Å²) in [4.78, 5) is 30.4. The number of carbonyl (C=O) groups excluding carboxylic acids is 2. The number of piperidine rings is 1. The zero-order chi connectivity index (χ0) is 17.2. The van der Waals surface area contributed by atoms with Crippen LogP contribution in [0.5, 0.6) is 0 Å². The fourth-order valence-corrected chi connectivity index (χ4v) is 4.76. The van der Waals surface area contributed by atoms with Crippen LogP contribution in [0.25, 0.3) is 0 Å². The third-order valence-corrected chi connectivity index (χ3v) is 6.50.